The zero-order valence-electron chi connectivity index (χ0n) is 13.4. The normalized spacial score (nSPS) is 19.5. The largest absolute Gasteiger partial charge is 0.381 e. The molecule has 2 heterocycles. The Labute approximate surface area is 127 Å². The number of hydrogen-bond donors (Lipinski definition) is 1. The van der Waals surface area contributed by atoms with Crippen molar-refractivity contribution < 1.29 is 4.74 Å². The van der Waals surface area contributed by atoms with Crippen molar-refractivity contribution in [2.75, 3.05) is 13.2 Å². The Morgan fingerprint density at radius 2 is 1.95 bits per heavy atom. The van der Waals surface area contributed by atoms with Crippen LogP contribution in [0.3, 0.4) is 0 Å². The van der Waals surface area contributed by atoms with Gasteiger partial charge in [0, 0.05) is 30.1 Å². The van der Waals surface area contributed by atoms with Gasteiger partial charge in [-0.05, 0) is 18.8 Å². The Morgan fingerprint density at radius 1 is 1.30 bits per heavy atom. The lowest BCUT2D eigenvalue weighted by atomic mass is 9.91. The quantitative estimate of drug-likeness (QED) is 0.915. The van der Waals surface area contributed by atoms with Crippen LogP contribution >= 0.6 is 11.3 Å². The first-order valence-electron chi connectivity index (χ1n) is 7.67. The van der Waals surface area contributed by atoms with Gasteiger partial charge in [-0.1, -0.05) is 34.6 Å². The van der Waals surface area contributed by atoms with Crippen LogP contribution in [0.25, 0.3) is 0 Å². The molecule has 1 aliphatic heterocycles. The molecular weight excluding hydrogens is 268 g/mol. The van der Waals surface area contributed by atoms with Gasteiger partial charge in [-0.3, -0.25) is 0 Å². The van der Waals surface area contributed by atoms with Crippen LogP contribution in [0.15, 0.2) is 5.38 Å². The second-order valence-corrected chi connectivity index (χ2v) is 7.96. The van der Waals surface area contributed by atoms with Gasteiger partial charge in [0.15, 0.2) is 0 Å². The van der Waals surface area contributed by atoms with Crippen molar-refractivity contribution in [3.63, 3.8) is 0 Å². The minimum Gasteiger partial charge on any atom is -0.381 e. The van der Waals surface area contributed by atoms with Crippen molar-refractivity contribution in [2.45, 2.75) is 65.0 Å². The molecule has 1 unspecified atom stereocenters. The molecule has 2 rings (SSSR count). The third-order valence-electron chi connectivity index (χ3n) is 3.81. The van der Waals surface area contributed by atoms with Crippen molar-refractivity contribution in [1.82, 2.24) is 10.3 Å². The van der Waals surface area contributed by atoms with Gasteiger partial charge >= 0.3 is 0 Å². The summed E-state index contributed by atoms with van der Waals surface area (Å²) >= 11 is 1.81. The Hall–Kier alpha value is -0.450. The molecular formula is C16H28N2OS. The van der Waals surface area contributed by atoms with E-state index in [9.17, 15) is 0 Å². The van der Waals surface area contributed by atoms with E-state index in [4.69, 9.17) is 9.72 Å². The molecule has 1 aromatic rings. The molecule has 1 atom stereocenters. The van der Waals surface area contributed by atoms with Crippen molar-refractivity contribution in [3.8, 4) is 0 Å². The third-order valence-corrected chi connectivity index (χ3v) is 4.73. The Morgan fingerprint density at radius 3 is 2.45 bits per heavy atom. The van der Waals surface area contributed by atoms with Crippen LogP contribution in [0.2, 0.25) is 0 Å². The number of hydrogen-bond acceptors (Lipinski definition) is 4. The standard InChI is InChI=1S/C16H28N2OS/c1-11(2)17-14(12-6-8-19-9-7-12)15-18-13(10-20-15)16(3,4)5/h10-12,14,17H,6-9H2,1-5H3. The van der Waals surface area contributed by atoms with E-state index < -0.39 is 0 Å². The van der Waals surface area contributed by atoms with Crippen molar-refractivity contribution in [3.05, 3.63) is 16.1 Å². The number of rotatable bonds is 4. The van der Waals surface area contributed by atoms with Gasteiger partial charge < -0.3 is 10.1 Å². The summed E-state index contributed by atoms with van der Waals surface area (Å²) < 4.78 is 5.51. The van der Waals surface area contributed by atoms with E-state index in [1.54, 1.807) is 11.3 Å². The molecule has 0 bridgehead atoms. The highest BCUT2D eigenvalue weighted by Crippen LogP contribution is 2.34. The summed E-state index contributed by atoms with van der Waals surface area (Å²) in [5, 5.41) is 7.19. The molecule has 0 saturated carbocycles. The molecule has 114 valence electrons. The summed E-state index contributed by atoms with van der Waals surface area (Å²) in [6.45, 7) is 12.9. The van der Waals surface area contributed by atoms with E-state index in [1.165, 1.54) is 10.7 Å². The van der Waals surface area contributed by atoms with Gasteiger partial charge in [0.1, 0.15) is 5.01 Å². The molecule has 1 fully saturated rings. The number of thiazole rings is 1. The van der Waals surface area contributed by atoms with Crippen molar-refractivity contribution in [1.29, 1.82) is 0 Å². The van der Waals surface area contributed by atoms with Crippen LogP contribution in [0.5, 0.6) is 0 Å². The van der Waals surface area contributed by atoms with Crippen LogP contribution < -0.4 is 5.32 Å². The lowest BCUT2D eigenvalue weighted by molar-refractivity contribution is 0.0523. The first-order chi connectivity index (χ1) is 9.38. The van der Waals surface area contributed by atoms with Gasteiger partial charge in [-0.25, -0.2) is 4.98 Å². The highest BCUT2D eigenvalue weighted by Gasteiger charge is 2.29. The molecule has 0 aliphatic carbocycles. The molecule has 1 saturated heterocycles. The third kappa shape index (κ3) is 4.03. The lowest BCUT2D eigenvalue weighted by Gasteiger charge is -2.31. The zero-order chi connectivity index (χ0) is 14.8. The van der Waals surface area contributed by atoms with Crippen LogP contribution in [-0.2, 0) is 10.2 Å². The van der Waals surface area contributed by atoms with E-state index in [1.807, 2.05) is 0 Å². The van der Waals surface area contributed by atoms with Crippen LogP contribution in [0.4, 0.5) is 0 Å². The molecule has 3 nitrogen and oxygen atoms in total. The highest BCUT2D eigenvalue weighted by molar-refractivity contribution is 7.09. The fourth-order valence-electron chi connectivity index (χ4n) is 2.59. The van der Waals surface area contributed by atoms with E-state index in [0.29, 0.717) is 18.0 Å². The summed E-state index contributed by atoms with van der Waals surface area (Å²) in [7, 11) is 0. The number of ether oxygens (including phenoxy) is 1. The minimum atomic E-state index is 0.132. The molecule has 20 heavy (non-hydrogen) atoms. The van der Waals surface area contributed by atoms with Gasteiger partial charge in [-0.2, -0.15) is 0 Å². The molecule has 0 amide bonds. The first kappa shape index (κ1) is 15.9. The summed E-state index contributed by atoms with van der Waals surface area (Å²) in [5.74, 6) is 0.644. The molecule has 1 aliphatic rings. The van der Waals surface area contributed by atoms with E-state index >= 15 is 0 Å². The van der Waals surface area contributed by atoms with Crippen LogP contribution in [0, 0.1) is 5.92 Å². The SMILES string of the molecule is CC(C)NC(c1nc(C(C)(C)C)cs1)C1CCOCC1. The van der Waals surface area contributed by atoms with Gasteiger partial charge in [0.05, 0.1) is 11.7 Å². The fraction of sp³-hybridized carbons (Fsp3) is 0.812. The van der Waals surface area contributed by atoms with Crippen LogP contribution in [-0.4, -0.2) is 24.2 Å². The monoisotopic (exact) mass is 296 g/mol. The average molecular weight is 296 g/mol. The van der Waals surface area contributed by atoms with Crippen molar-refractivity contribution in [2.24, 2.45) is 5.92 Å². The van der Waals surface area contributed by atoms with E-state index in [0.717, 1.165) is 26.1 Å². The lowest BCUT2D eigenvalue weighted by Crippen LogP contribution is -2.36. The Bertz CT molecular complexity index is 416. The zero-order valence-corrected chi connectivity index (χ0v) is 14.2. The minimum absolute atomic E-state index is 0.132. The predicted octanol–water partition coefficient (Wildman–Crippen LogP) is 3.91. The second kappa shape index (κ2) is 6.54. The number of nitrogens with zero attached hydrogens (tertiary/aromatic N) is 1. The maximum Gasteiger partial charge on any atom is 0.110 e. The van der Waals surface area contributed by atoms with Gasteiger partial charge in [0.2, 0.25) is 0 Å². The smallest absolute Gasteiger partial charge is 0.110 e. The summed E-state index contributed by atoms with van der Waals surface area (Å²) in [6, 6.07) is 0.852. The molecule has 4 heteroatoms. The average Bonchev–Trinajstić information content (AvgIpc) is 2.86. The fourth-order valence-corrected chi connectivity index (χ4v) is 3.79. The molecule has 0 radical (unpaired) electrons. The molecule has 0 aromatic carbocycles. The first-order valence-corrected chi connectivity index (χ1v) is 8.55. The summed E-state index contributed by atoms with van der Waals surface area (Å²) in [4.78, 5) is 4.93. The number of nitrogens with one attached hydrogen (secondary N) is 1. The highest BCUT2D eigenvalue weighted by atomic mass is 32.1. The number of aromatic nitrogens is 1. The second-order valence-electron chi connectivity index (χ2n) is 7.07. The van der Waals surface area contributed by atoms with Crippen LogP contribution in [0.1, 0.15) is 64.2 Å². The Kier molecular flexibility index (Phi) is 5.21. The summed E-state index contributed by atoms with van der Waals surface area (Å²) in [5.41, 5.74) is 1.34. The van der Waals surface area contributed by atoms with Gasteiger partial charge in [0.25, 0.3) is 0 Å². The van der Waals surface area contributed by atoms with Gasteiger partial charge in [-0.15, -0.1) is 11.3 Å². The maximum absolute atomic E-state index is 5.51. The maximum atomic E-state index is 5.51. The molecule has 1 N–H and O–H groups in total. The topological polar surface area (TPSA) is 34.2 Å². The summed E-state index contributed by atoms with van der Waals surface area (Å²) in [6.07, 6.45) is 2.27. The van der Waals surface area contributed by atoms with E-state index in [-0.39, 0.29) is 5.41 Å². The van der Waals surface area contributed by atoms with E-state index in [2.05, 4.69) is 45.3 Å². The molecule has 0 spiro atoms. The van der Waals surface area contributed by atoms with Crippen molar-refractivity contribution >= 4 is 11.3 Å². The molecule has 1 aromatic heterocycles. The predicted molar refractivity (Wildman–Crippen MR) is 85.4 cm³/mol. The Balaban J connectivity index is 2.19.